The van der Waals surface area contributed by atoms with Crippen molar-refractivity contribution in [1.82, 2.24) is 0 Å². The van der Waals surface area contributed by atoms with Gasteiger partial charge in [0.15, 0.2) is 12.4 Å². The molecule has 2 rings (SSSR count). The fourth-order valence-corrected chi connectivity index (χ4v) is 2.24. The average molecular weight is 357 g/mol. The Labute approximate surface area is 151 Å². The van der Waals surface area contributed by atoms with Crippen LogP contribution in [0.2, 0.25) is 0 Å². The van der Waals surface area contributed by atoms with Crippen molar-refractivity contribution in [3.63, 3.8) is 0 Å². The van der Waals surface area contributed by atoms with Gasteiger partial charge >= 0.3 is 5.97 Å². The van der Waals surface area contributed by atoms with Gasteiger partial charge in [-0.25, -0.2) is 4.39 Å². The third kappa shape index (κ3) is 6.12. The lowest BCUT2D eigenvalue weighted by molar-refractivity contribution is -0.141. The van der Waals surface area contributed by atoms with Crippen LogP contribution in [0, 0.1) is 5.82 Å². The summed E-state index contributed by atoms with van der Waals surface area (Å²) in [6.45, 7) is 1.54. The summed E-state index contributed by atoms with van der Waals surface area (Å²) in [5, 5.41) is 2.73. The van der Waals surface area contributed by atoms with Crippen molar-refractivity contribution in [2.24, 2.45) is 0 Å². The molecule has 0 saturated heterocycles. The Bertz CT molecular complexity index is 769. The van der Waals surface area contributed by atoms with Crippen molar-refractivity contribution < 1.29 is 23.5 Å². The number of Topliss-reactive ketones (excluding diaryl/α,β-unsaturated/α-hetero) is 1. The van der Waals surface area contributed by atoms with Gasteiger partial charge in [-0.1, -0.05) is 19.1 Å². The van der Waals surface area contributed by atoms with E-state index < -0.39 is 5.97 Å². The van der Waals surface area contributed by atoms with Crippen LogP contribution < -0.4 is 5.32 Å². The summed E-state index contributed by atoms with van der Waals surface area (Å²) >= 11 is 0. The average Bonchev–Trinajstić information content (AvgIpc) is 2.62. The lowest BCUT2D eigenvalue weighted by atomic mass is 10.1. The lowest BCUT2D eigenvalue weighted by Crippen LogP contribution is -2.16. The summed E-state index contributed by atoms with van der Waals surface area (Å²) in [6, 6.07) is 11.9. The number of ether oxygens (including phenoxy) is 1. The highest BCUT2D eigenvalue weighted by molar-refractivity contribution is 5.98. The molecule has 0 radical (unpaired) electrons. The van der Waals surface area contributed by atoms with Crippen LogP contribution in [0.3, 0.4) is 0 Å². The van der Waals surface area contributed by atoms with Gasteiger partial charge in [0.05, 0.1) is 6.42 Å². The topological polar surface area (TPSA) is 72.5 Å². The van der Waals surface area contributed by atoms with Crippen molar-refractivity contribution in [1.29, 1.82) is 0 Å². The van der Waals surface area contributed by atoms with Gasteiger partial charge in [0, 0.05) is 17.7 Å². The zero-order chi connectivity index (χ0) is 18.9. The highest BCUT2D eigenvalue weighted by Crippen LogP contribution is 2.11. The second kappa shape index (κ2) is 9.46. The smallest absolute Gasteiger partial charge is 0.310 e. The zero-order valence-corrected chi connectivity index (χ0v) is 14.5. The molecule has 5 nitrogen and oxygen atoms in total. The minimum absolute atomic E-state index is 0.0318. The third-order valence-electron chi connectivity index (χ3n) is 3.59. The van der Waals surface area contributed by atoms with Gasteiger partial charge in [-0.2, -0.15) is 0 Å². The molecule has 1 amide bonds. The maximum absolute atomic E-state index is 12.8. The third-order valence-corrected chi connectivity index (χ3v) is 3.59. The quantitative estimate of drug-likeness (QED) is 0.579. The van der Waals surface area contributed by atoms with Crippen molar-refractivity contribution in [2.45, 2.75) is 26.2 Å². The molecule has 0 bridgehead atoms. The van der Waals surface area contributed by atoms with E-state index in [0.29, 0.717) is 23.2 Å². The summed E-state index contributed by atoms with van der Waals surface area (Å²) in [5.74, 6) is -1.37. The normalized spacial score (nSPS) is 10.2. The number of nitrogens with one attached hydrogen (secondary N) is 1. The number of hydrogen-bond acceptors (Lipinski definition) is 4. The van der Waals surface area contributed by atoms with Crippen molar-refractivity contribution >= 4 is 23.3 Å². The molecular weight excluding hydrogens is 337 g/mol. The van der Waals surface area contributed by atoms with Gasteiger partial charge in [-0.05, 0) is 48.4 Å². The number of rotatable bonds is 8. The molecular formula is C20H20FNO4. The van der Waals surface area contributed by atoms with Crippen LogP contribution in [0.5, 0.6) is 0 Å². The van der Waals surface area contributed by atoms with E-state index in [9.17, 15) is 18.8 Å². The number of carbonyl (C=O) groups is 3. The number of benzene rings is 2. The van der Waals surface area contributed by atoms with Crippen molar-refractivity contribution in [2.75, 3.05) is 11.9 Å². The Hall–Kier alpha value is -3.02. The van der Waals surface area contributed by atoms with Gasteiger partial charge in [0.1, 0.15) is 5.82 Å². The summed E-state index contributed by atoms with van der Waals surface area (Å²) < 4.78 is 17.8. The molecule has 0 aliphatic rings. The predicted octanol–water partition coefficient (Wildman–Crippen LogP) is 3.53. The Kier molecular flexibility index (Phi) is 7.02. The summed E-state index contributed by atoms with van der Waals surface area (Å²) in [6.07, 6.45) is 1.16. The Balaban J connectivity index is 1.82. The molecule has 0 aliphatic carbocycles. The maximum atomic E-state index is 12.8. The van der Waals surface area contributed by atoms with Gasteiger partial charge in [0.2, 0.25) is 5.91 Å². The van der Waals surface area contributed by atoms with E-state index in [4.69, 9.17) is 4.74 Å². The van der Waals surface area contributed by atoms with Crippen LogP contribution in [-0.2, 0) is 20.7 Å². The second-order valence-electron chi connectivity index (χ2n) is 5.76. The van der Waals surface area contributed by atoms with E-state index in [1.165, 1.54) is 24.3 Å². The van der Waals surface area contributed by atoms with E-state index in [2.05, 4.69) is 5.32 Å². The largest absolute Gasteiger partial charge is 0.457 e. The number of amides is 1. The van der Waals surface area contributed by atoms with Gasteiger partial charge in [-0.15, -0.1) is 0 Å². The van der Waals surface area contributed by atoms with Crippen LogP contribution in [0.25, 0.3) is 0 Å². The number of halogens is 1. The van der Waals surface area contributed by atoms with Gasteiger partial charge in [0.25, 0.3) is 0 Å². The van der Waals surface area contributed by atoms with E-state index >= 15 is 0 Å². The number of carbonyl (C=O) groups excluding carboxylic acids is 3. The molecule has 0 fully saturated rings. The Morgan fingerprint density at radius 3 is 2.27 bits per heavy atom. The van der Waals surface area contributed by atoms with Gasteiger partial charge < -0.3 is 10.1 Å². The molecule has 2 aromatic rings. The van der Waals surface area contributed by atoms with Crippen LogP contribution in [0.4, 0.5) is 10.1 Å². The minimum Gasteiger partial charge on any atom is -0.457 e. The molecule has 1 N–H and O–H groups in total. The molecule has 0 heterocycles. The monoisotopic (exact) mass is 357 g/mol. The Morgan fingerprint density at radius 1 is 1.00 bits per heavy atom. The zero-order valence-electron chi connectivity index (χ0n) is 14.5. The summed E-state index contributed by atoms with van der Waals surface area (Å²) in [7, 11) is 0. The first-order valence-corrected chi connectivity index (χ1v) is 8.31. The fourth-order valence-electron chi connectivity index (χ4n) is 2.24. The van der Waals surface area contributed by atoms with E-state index in [-0.39, 0.29) is 30.5 Å². The molecule has 136 valence electrons. The van der Waals surface area contributed by atoms with Crippen LogP contribution in [-0.4, -0.2) is 24.3 Å². The fraction of sp³-hybridized carbons (Fsp3) is 0.250. The van der Waals surface area contributed by atoms with E-state index in [1.807, 2.05) is 6.92 Å². The second-order valence-corrected chi connectivity index (χ2v) is 5.76. The van der Waals surface area contributed by atoms with Crippen LogP contribution in [0.15, 0.2) is 48.5 Å². The molecule has 6 heteroatoms. The van der Waals surface area contributed by atoms with E-state index in [0.717, 1.165) is 6.42 Å². The number of hydrogen-bond donors (Lipinski definition) is 1. The highest BCUT2D eigenvalue weighted by atomic mass is 19.1. The lowest BCUT2D eigenvalue weighted by Gasteiger charge is -2.07. The standard InChI is InChI=1S/C20H20FNO4/c1-2-3-19(24)22-17-10-6-15(7-11-17)18(23)13-26-20(25)12-14-4-8-16(21)9-5-14/h4-11H,2-3,12-13H2,1H3,(H,22,24). The van der Waals surface area contributed by atoms with E-state index in [1.54, 1.807) is 24.3 Å². The number of ketones is 1. The highest BCUT2D eigenvalue weighted by Gasteiger charge is 2.11. The Morgan fingerprint density at radius 2 is 1.65 bits per heavy atom. The molecule has 0 saturated carbocycles. The molecule has 26 heavy (non-hydrogen) atoms. The molecule has 0 atom stereocenters. The molecule has 2 aromatic carbocycles. The molecule has 0 unspecified atom stereocenters. The van der Waals surface area contributed by atoms with Gasteiger partial charge in [-0.3, -0.25) is 14.4 Å². The first-order valence-electron chi connectivity index (χ1n) is 8.31. The van der Waals surface area contributed by atoms with Crippen LogP contribution in [0.1, 0.15) is 35.7 Å². The van der Waals surface area contributed by atoms with Crippen LogP contribution >= 0.6 is 0 Å². The first-order chi connectivity index (χ1) is 12.5. The first kappa shape index (κ1) is 19.3. The van der Waals surface area contributed by atoms with Crippen molar-refractivity contribution in [3.05, 3.63) is 65.5 Å². The SMILES string of the molecule is CCCC(=O)Nc1ccc(C(=O)COC(=O)Cc2ccc(F)cc2)cc1. The maximum Gasteiger partial charge on any atom is 0.310 e. The summed E-state index contributed by atoms with van der Waals surface area (Å²) in [4.78, 5) is 35.3. The molecule has 0 aromatic heterocycles. The van der Waals surface area contributed by atoms with Crippen molar-refractivity contribution in [3.8, 4) is 0 Å². The molecule has 0 aliphatic heterocycles. The number of esters is 1. The summed E-state index contributed by atoms with van der Waals surface area (Å²) in [5.41, 5.74) is 1.59. The minimum atomic E-state index is -0.562. The predicted molar refractivity (Wildman–Crippen MR) is 95.4 cm³/mol. The number of anilines is 1. The molecule has 0 spiro atoms.